The number of carbonyl (C=O) groups excluding carboxylic acids is 3. The molecule has 0 fully saturated rings. The van der Waals surface area contributed by atoms with Gasteiger partial charge in [0.15, 0.2) is 0 Å². The van der Waals surface area contributed by atoms with Crippen LogP contribution >= 0.6 is 15.9 Å². The van der Waals surface area contributed by atoms with E-state index in [-0.39, 0.29) is 34.8 Å². The number of nitrogens with zero attached hydrogens (tertiary/aromatic N) is 3. The first-order valence-corrected chi connectivity index (χ1v) is 10.9. The van der Waals surface area contributed by atoms with Crippen LogP contribution in [-0.2, 0) is 11.3 Å². The number of benzene rings is 1. The number of esters is 1. The lowest BCUT2D eigenvalue weighted by Crippen LogP contribution is -2.31. The highest BCUT2D eigenvalue weighted by Crippen LogP contribution is 2.25. The number of rotatable bonds is 6. The van der Waals surface area contributed by atoms with Crippen molar-refractivity contribution in [1.82, 2.24) is 14.3 Å². The van der Waals surface area contributed by atoms with Gasteiger partial charge in [0, 0.05) is 23.3 Å². The fraction of sp³-hybridized carbons (Fsp3) is 0.261. The summed E-state index contributed by atoms with van der Waals surface area (Å²) in [4.78, 5) is 55.5. The second-order valence-corrected chi connectivity index (χ2v) is 8.86. The summed E-state index contributed by atoms with van der Waals surface area (Å²) >= 11 is 3.30. The van der Waals surface area contributed by atoms with E-state index >= 15 is 0 Å². The Balaban J connectivity index is 1.49. The molecule has 164 valence electrons. The first kappa shape index (κ1) is 21.9. The van der Waals surface area contributed by atoms with E-state index in [1.807, 2.05) is 13.8 Å². The van der Waals surface area contributed by atoms with Gasteiger partial charge in [-0.2, -0.15) is 0 Å². The Bertz CT molecular complexity index is 1310. The third-order valence-electron chi connectivity index (χ3n) is 5.16. The molecule has 32 heavy (non-hydrogen) atoms. The molecule has 3 heterocycles. The Morgan fingerprint density at radius 1 is 1.06 bits per heavy atom. The summed E-state index contributed by atoms with van der Waals surface area (Å²) in [6.07, 6.45) is 2.31. The monoisotopic (exact) mass is 497 g/mol. The topological polar surface area (TPSA) is 98.1 Å². The number of pyridine rings is 1. The lowest BCUT2D eigenvalue weighted by atomic mass is 10.1. The summed E-state index contributed by atoms with van der Waals surface area (Å²) in [7, 11) is 0. The minimum absolute atomic E-state index is 0.150. The van der Waals surface area contributed by atoms with Crippen molar-refractivity contribution in [2.24, 2.45) is 5.92 Å². The SMILES string of the molecule is CC(C)CCN1C(=O)c2ccc(C(=O)OCc3cc(=O)n4cc(Br)ccc4n3)cc2C1=O. The average molecular weight is 498 g/mol. The van der Waals surface area contributed by atoms with E-state index in [0.717, 1.165) is 4.47 Å². The number of carbonyl (C=O) groups is 3. The Morgan fingerprint density at radius 3 is 2.56 bits per heavy atom. The number of ether oxygens (including phenoxy) is 1. The predicted octanol–water partition coefficient (Wildman–Crippen LogP) is 3.46. The van der Waals surface area contributed by atoms with Gasteiger partial charge in [0.05, 0.1) is 22.4 Å². The van der Waals surface area contributed by atoms with E-state index in [9.17, 15) is 19.2 Å². The zero-order valence-electron chi connectivity index (χ0n) is 17.5. The summed E-state index contributed by atoms with van der Waals surface area (Å²) in [5, 5.41) is 0. The van der Waals surface area contributed by atoms with Crippen molar-refractivity contribution in [3.05, 3.63) is 79.8 Å². The molecule has 0 aliphatic carbocycles. The van der Waals surface area contributed by atoms with E-state index in [0.29, 0.717) is 30.2 Å². The molecule has 0 atom stereocenters. The molecule has 2 aromatic heterocycles. The van der Waals surface area contributed by atoms with Gasteiger partial charge in [-0.15, -0.1) is 0 Å². The Hall–Kier alpha value is -3.33. The molecule has 0 N–H and O–H groups in total. The van der Waals surface area contributed by atoms with Crippen LogP contribution in [0, 0.1) is 5.92 Å². The molecule has 0 saturated heterocycles. The molecule has 0 bridgehead atoms. The van der Waals surface area contributed by atoms with Gasteiger partial charge in [0.2, 0.25) is 0 Å². The van der Waals surface area contributed by atoms with E-state index in [4.69, 9.17) is 4.74 Å². The van der Waals surface area contributed by atoms with Crippen molar-refractivity contribution in [3.8, 4) is 0 Å². The van der Waals surface area contributed by atoms with Crippen LogP contribution in [0.3, 0.4) is 0 Å². The third kappa shape index (κ3) is 4.20. The quantitative estimate of drug-likeness (QED) is 0.382. The fourth-order valence-electron chi connectivity index (χ4n) is 3.43. The minimum Gasteiger partial charge on any atom is -0.456 e. The van der Waals surface area contributed by atoms with Crippen molar-refractivity contribution in [2.45, 2.75) is 26.9 Å². The van der Waals surface area contributed by atoms with Crippen molar-refractivity contribution in [2.75, 3.05) is 6.54 Å². The molecule has 1 aliphatic heterocycles. The second-order valence-electron chi connectivity index (χ2n) is 7.94. The first-order valence-electron chi connectivity index (χ1n) is 10.1. The van der Waals surface area contributed by atoms with Gasteiger partial charge >= 0.3 is 5.97 Å². The lowest BCUT2D eigenvalue weighted by Gasteiger charge is -2.14. The zero-order chi connectivity index (χ0) is 23.0. The fourth-order valence-corrected chi connectivity index (χ4v) is 3.77. The first-order chi connectivity index (χ1) is 15.2. The Labute approximate surface area is 192 Å². The number of imide groups is 1. The molecule has 9 heteroatoms. The summed E-state index contributed by atoms with van der Waals surface area (Å²) in [5.41, 5.74) is 1.06. The summed E-state index contributed by atoms with van der Waals surface area (Å²) in [6.45, 7) is 4.17. The van der Waals surface area contributed by atoms with Crippen LogP contribution < -0.4 is 5.56 Å². The van der Waals surface area contributed by atoms with Crippen LogP contribution in [0.15, 0.2) is 51.9 Å². The van der Waals surface area contributed by atoms with Crippen molar-refractivity contribution < 1.29 is 19.1 Å². The minimum atomic E-state index is -0.675. The summed E-state index contributed by atoms with van der Waals surface area (Å²) in [5.74, 6) is -1.08. The molecule has 1 aromatic carbocycles. The van der Waals surface area contributed by atoms with Gasteiger partial charge in [-0.1, -0.05) is 13.8 Å². The van der Waals surface area contributed by atoms with Gasteiger partial charge in [-0.05, 0) is 58.6 Å². The van der Waals surface area contributed by atoms with Crippen molar-refractivity contribution in [1.29, 1.82) is 0 Å². The van der Waals surface area contributed by atoms with Crippen LogP contribution in [0.25, 0.3) is 5.65 Å². The number of hydrogen-bond acceptors (Lipinski definition) is 6. The zero-order valence-corrected chi connectivity index (χ0v) is 19.1. The normalized spacial score (nSPS) is 13.2. The highest BCUT2D eigenvalue weighted by Gasteiger charge is 2.35. The van der Waals surface area contributed by atoms with Crippen LogP contribution in [0.1, 0.15) is 57.0 Å². The van der Waals surface area contributed by atoms with Gasteiger partial charge < -0.3 is 4.74 Å². The molecular formula is C23H20BrN3O5. The Kier molecular flexibility index (Phi) is 5.92. The number of halogens is 1. The predicted molar refractivity (Wildman–Crippen MR) is 120 cm³/mol. The molecule has 8 nitrogen and oxygen atoms in total. The second kappa shape index (κ2) is 8.66. The summed E-state index contributed by atoms with van der Waals surface area (Å²) in [6, 6.07) is 9.03. The Morgan fingerprint density at radius 2 is 1.81 bits per heavy atom. The molecule has 3 aromatic rings. The molecule has 2 amide bonds. The molecule has 4 rings (SSSR count). The van der Waals surface area contributed by atoms with Crippen LogP contribution in [-0.4, -0.2) is 38.6 Å². The van der Waals surface area contributed by atoms with Gasteiger partial charge in [0.25, 0.3) is 17.4 Å². The van der Waals surface area contributed by atoms with Gasteiger partial charge in [-0.3, -0.25) is 23.7 Å². The van der Waals surface area contributed by atoms with Gasteiger partial charge in [-0.25, -0.2) is 9.78 Å². The molecule has 0 spiro atoms. The number of aromatic nitrogens is 2. The maximum atomic E-state index is 12.7. The van der Waals surface area contributed by atoms with Crippen LogP contribution in [0.5, 0.6) is 0 Å². The molecule has 0 saturated carbocycles. The molecule has 1 aliphatic rings. The molecule has 0 radical (unpaired) electrons. The standard InChI is InChI=1S/C23H20BrN3O5/c1-13(2)7-8-26-21(29)17-5-3-14(9-18(17)22(26)30)23(31)32-12-16-10-20(28)27-11-15(24)4-6-19(27)25-16/h3-6,9-11,13H,7-8,12H2,1-2H3. The van der Waals surface area contributed by atoms with Crippen LogP contribution in [0.4, 0.5) is 0 Å². The lowest BCUT2D eigenvalue weighted by molar-refractivity contribution is 0.0467. The van der Waals surface area contributed by atoms with E-state index in [1.165, 1.54) is 33.6 Å². The van der Waals surface area contributed by atoms with E-state index in [1.54, 1.807) is 18.3 Å². The highest BCUT2D eigenvalue weighted by atomic mass is 79.9. The maximum absolute atomic E-state index is 12.7. The number of fused-ring (bicyclic) bond motifs is 2. The smallest absolute Gasteiger partial charge is 0.338 e. The largest absolute Gasteiger partial charge is 0.456 e. The average Bonchev–Trinajstić information content (AvgIpc) is 3.00. The van der Waals surface area contributed by atoms with Crippen molar-refractivity contribution in [3.63, 3.8) is 0 Å². The number of hydrogen-bond donors (Lipinski definition) is 0. The third-order valence-corrected chi connectivity index (χ3v) is 5.63. The molecule has 0 unspecified atom stereocenters. The maximum Gasteiger partial charge on any atom is 0.338 e. The van der Waals surface area contributed by atoms with E-state index in [2.05, 4.69) is 20.9 Å². The van der Waals surface area contributed by atoms with Crippen molar-refractivity contribution >= 4 is 39.4 Å². The number of amides is 2. The summed E-state index contributed by atoms with van der Waals surface area (Å²) < 4.78 is 7.42. The highest BCUT2D eigenvalue weighted by molar-refractivity contribution is 9.10. The molecular weight excluding hydrogens is 478 g/mol. The van der Waals surface area contributed by atoms with Gasteiger partial charge in [0.1, 0.15) is 12.3 Å². The van der Waals surface area contributed by atoms with Crippen LogP contribution in [0.2, 0.25) is 0 Å². The van der Waals surface area contributed by atoms with E-state index < -0.39 is 11.9 Å².